The zero-order chi connectivity index (χ0) is 101. The Kier molecular flexibility index (Phi) is 65.2. The zero-order valence-corrected chi connectivity index (χ0v) is 76.1. The SMILES string of the molecule is Cc1ccccc1C(O)C#N.Cc1ccccc1[C@@H](O)C(=O)O.Cc1ccccc1[C@H](O)C(=O)O.N#CC(O)c1cccc(Cl)c1.N#CC(O)c1ccccc1Br.O=C(O)[C@@H](O)c1cccc(Cl)c1.O=C(O)[C@@H](O)c1ccccc1Br.O=C(O)[C@H](O)c1cccc(Cl)c1.O=C(O)[C@H](O)c1ccccc1Br.[C-]#[N+]CC(O)CC#N.[C-]#[N+]C[C@@H](O)CC(=O)O.[C-]#[N+]C[C@H](O)CC(=O)O. The number of aliphatic carboxylic acids is 8. The number of carboxylic acid groups (broad SMARTS) is 8. The minimum absolute atomic E-state index is 0.0353. The summed E-state index contributed by atoms with van der Waals surface area (Å²) in [5.41, 5.74) is 6.54. The van der Waals surface area contributed by atoms with Crippen molar-refractivity contribution in [3.8, 4) is 24.3 Å². The topological polar surface area (TPSA) is 649 Å². The molecular formula is C90H89Br3Cl3N7O28. The first-order chi connectivity index (χ1) is 61.6. The number of carbonyl (C=O) groups is 8. The third kappa shape index (κ3) is 54.2. The number of nitriles is 4. The number of carboxylic acids is 8. The molecule has 20 N–H and O–H groups in total. The summed E-state index contributed by atoms with van der Waals surface area (Å²) in [5, 5.41) is 209. The predicted octanol–water partition coefficient (Wildman–Crippen LogP) is 13.4. The van der Waals surface area contributed by atoms with Gasteiger partial charge in [-0.15, -0.1) is 0 Å². The molecule has 35 nitrogen and oxygen atoms in total. The van der Waals surface area contributed by atoms with E-state index < -0.39 is 121 Å². The Labute approximate surface area is 791 Å². The third-order valence-corrected chi connectivity index (χ3v) is 18.2. The van der Waals surface area contributed by atoms with Gasteiger partial charge in [-0.25, -0.2) is 48.5 Å². The summed E-state index contributed by atoms with van der Waals surface area (Å²) < 4.78 is 1.95. The molecule has 4 unspecified atom stereocenters. The van der Waals surface area contributed by atoms with Crippen molar-refractivity contribution in [2.45, 2.75) is 113 Å². The van der Waals surface area contributed by atoms with Crippen LogP contribution in [0.3, 0.4) is 0 Å². The van der Waals surface area contributed by atoms with E-state index in [2.05, 4.69) is 62.3 Å². The lowest BCUT2D eigenvalue weighted by Crippen LogP contribution is -2.14. The van der Waals surface area contributed by atoms with E-state index in [9.17, 15) is 48.6 Å². The highest BCUT2D eigenvalue weighted by molar-refractivity contribution is 9.11. The molecule has 0 aliphatic heterocycles. The number of aliphatic hydroxyl groups is 12. The second kappa shape index (κ2) is 70.0. The van der Waals surface area contributed by atoms with Gasteiger partial charge in [0.05, 0.1) is 43.5 Å². The maximum atomic E-state index is 10.4. The third-order valence-electron chi connectivity index (χ3n) is 15.4. The number of halogens is 6. The molecule has 0 aliphatic carbocycles. The molecule has 0 aromatic heterocycles. The smallest absolute Gasteiger partial charge is 0.337 e. The van der Waals surface area contributed by atoms with Crippen LogP contribution < -0.4 is 0 Å². The molecule has 0 fully saturated rings. The van der Waals surface area contributed by atoms with Crippen molar-refractivity contribution in [2.75, 3.05) is 19.6 Å². The minimum atomic E-state index is -1.50. The summed E-state index contributed by atoms with van der Waals surface area (Å²) in [6, 6.07) is 67.3. The Bertz CT molecular complexity index is 4990. The van der Waals surface area contributed by atoms with Gasteiger partial charge in [-0.05, 0) is 125 Å². The normalized spacial score (nSPS) is 12.3. The minimum Gasteiger partial charge on any atom is -0.481 e. The first-order valence-electron chi connectivity index (χ1n) is 36.8. The summed E-state index contributed by atoms with van der Waals surface area (Å²) in [7, 11) is 0. The van der Waals surface area contributed by atoms with E-state index in [1.807, 2.05) is 31.2 Å². The second-order valence-corrected chi connectivity index (χ2v) is 29.3. The molecule has 9 rings (SSSR count). The van der Waals surface area contributed by atoms with Crippen LogP contribution in [0.25, 0.3) is 14.5 Å². The maximum Gasteiger partial charge on any atom is 0.337 e. The van der Waals surface area contributed by atoms with Gasteiger partial charge in [-0.2, -0.15) is 21.0 Å². The van der Waals surface area contributed by atoms with Crippen LogP contribution >= 0.6 is 82.6 Å². The number of benzene rings is 9. The van der Waals surface area contributed by atoms with Gasteiger partial charge in [-0.1, -0.05) is 246 Å². The summed E-state index contributed by atoms with van der Waals surface area (Å²) >= 11 is 26.3. The van der Waals surface area contributed by atoms with Crippen LogP contribution in [0.5, 0.6) is 0 Å². The van der Waals surface area contributed by atoms with E-state index in [-0.39, 0.29) is 50.0 Å². The molecule has 694 valence electrons. The van der Waals surface area contributed by atoms with Gasteiger partial charge in [0.2, 0.25) is 19.6 Å². The molecule has 9 aromatic carbocycles. The summed E-state index contributed by atoms with van der Waals surface area (Å²) in [6.07, 6.45) is -15.2. The zero-order valence-electron chi connectivity index (χ0n) is 69.1. The molecule has 131 heavy (non-hydrogen) atoms. The average molecular weight is 2060 g/mol. The van der Waals surface area contributed by atoms with Gasteiger partial charge in [-0.3, -0.25) is 9.59 Å². The number of hydrogen-bond acceptors (Lipinski definition) is 24. The van der Waals surface area contributed by atoms with Crippen LogP contribution in [0, 0.1) is 85.8 Å². The largest absolute Gasteiger partial charge is 0.481 e. The van der Waals surface area contributed by atoms with Crippen LogP contribution in [0.1, 0.15) is 141 Å². The number of rotatable bonds is 23. The molecule has 0 spiro atoms. The standard InChI is InChI=1S/C9H9NO.2C9H10O3.C8H6BrNO.2C8H7BrO3.C8H6ClNO.2C8H7ClO3.C5H6N2O.2C5H7NO3/c1-7-4-2-3-5-8(7)9(11)6-10;2*1-6-4-2-3-5-7(6)8(10)9(11)12;9-7-4-2-1-3-6(7)8(11)5-10;2*9-6-4-2-1-3-5(6)7(10)8(11)12;9-7-3-1-2-6(4-7)8(11)5-10;2*9-6-3-1-2-5(4-6)7(10)8(11)12;1-7-4-5(8)2-3-6;2*1-6-3-4(7)2-5(8)9/h2-5,9,11H,1H3;2*2-5,8,10H,1H3,(H,11,12);1-4,8,11H;2*1-4,7,10H,(H,11,12);1-4,8,11H;2*1-4,7,10H,(H,11,12);5,8H,2,4H2;2*4,7H,2-3H2,(H,8,9)/t;2*8-;;2*7-;;2*7-;;2*4-/m.10.10.10.10/s1. The molecule has 12 atom stereocenters. The van der Waals surface area contributed by atoms with E-state index in [1.54, 1.807) is 208 Å². The van der Waals surface area contributed by atoms with Crippen molar-refractivity contribution in [3.05, 3.63) is 348 Å². The van der Waals surface area contributed by atoms with E-state index in [0.717, 1.165) is 21.2 Å². The Morgan fingerprint density at radius 3 is 0.802 bits per heavy atom. The molecule has 0 saturated carbocycles. The number of nitrogens with zero attached hydrogens (tertiary/aromatic N) is 7. The lowest BCUT2D eigenvalue weighted by Gasteiger charge is -2.07. The maximum absolute atomic E-state index is 10.4. The average Bonchev–Trinajstić information content (AvgIpc) is 0.873. The fourth-order valence-corrected chi connectivity index (χ4v) is 11.0. The van der Waals surface area contributed by atoms with Crippen molar-refractivity contribution < 1.29 is 140 Å². The van der Waals surface area contributed by atoms with E-state index >= 15 is 0 Å². The van der Waals surface area contributed by atoms with Crippen molar-refractivity contribution in [3.63, 3.8) is 0 Å². The lowest BCUT2D eigenvalue weighted by molar-refractivity contribution is -0.147. The van der Waals surface area contributed by atoms with E-state index in [1.165, 1.54) is 24.3 Å². The van der Waals surface area contributed by atoms with Gasteiger partial charge in [0.25, 0.3) is 0 Å². The molecule has 0 radical (unpaired) electrons. The monoisotopic (exact) mass is 2060 g/mol. The van der Waals surface area contributed by atoms with E-state index in [0.29, 0.717) is 63.0 Å². The van der Waals surface area contributed by atoms with Gasteiger partial charge >= 0.3 is 47.8 Å². The highest BCUT2D eigenvalue weighted by Gasteiger charge is 2.23. The van der Waals surface area contributed by atoms with Crippen molar-refractivity contribution in [1.29, 1.82) is 21.0 Å². The number of aliphatic hydroxyl groups excluding tert-OH is 12. The van der Waals surface area contributed by atoms with Crippen molar-refractivity contribution >= 4 is 130 Å². The van der Waals surface area contributed by atoms with Crippen LogP contribution in [0.2, 0.25) is 15.1 Å². The highest BCUT2D eigenvalue weighted by Crippen LogP contribution is 2.27. The molecule has 0 amide bonds. The molecule has 9 aromatic rings. The Morgan fingerprint density at radius 2 is 0.550 bits per heavy atom. The molecular weight excluding hydrogens is 1970 g/mol. The fraction of sp³-hybridized carbons (Fsp3) is 0.233. The van der Waals surface area contributed by atoms with Crippen molar-refractivity contribution in [1.82, 2.24) is 0 Å². The first-order valence-corrected chi connectivity index (χ1v) is 40.3. The summed E-state index contributed by atoms with van der Waals surface area (Å²) in [4.78, 5) is 90.4. The summed E-state index contributed by atoms with van der Waals surface area (Å²) in [5.74, 6) is -9.65. The molecule has 0 aliphatic rings. The molecule has 0 heterocycles. The number of aryl methyl sites for hydroxylation is 3. The molecule has 0 bridgehead atoms. The van der Waals surface area contributed by atoms with Gasteiger partial charge < -0.3 is 117 Å². The quantitative estimate of drug-likeness (QED) is 0.0209. The van der Waals surface area contributed by atoms with Crippen LogP contribution in [0.15, 0.2) is 232 Å². The van der Waals surface area contributed by atoms with E-state index in [4.69, 9.17) is 167 Å². The van der Waals surface area contributed by atoms with Crippen LogP contribution in [0.4, 0.5) is 0 Å². The summed E-state index contributed by atoms with van der Waals surface area (Å²) in [6.45, 7) is 23.9. The first kappa shape index (κ1) is 122. The van der Waals surface area contributed by atoms with Crippen LogP contribution in [-0.2, 0) is 38.4 Å². The Hall–Kier alpha value is -13.0. The molecule has 41 heteroatoms. The fourth-order valence-electron chi connectivity index (χ4n) is 8.85. The van der Waals surface area contributed by atoms with Gasteiger partial charge in [0, 0.05) is 45.2 Å². The van der Waals surface area contributed by atoms with Gasteiger partial charge in [0.15, 0.2) is 54.9 Å². The highest BCUT2D eigenvalue weighted by atomic mass is 79.9. The lowest BCUT2D eigenvalue weighted by atomic mass is 10.0. The Balaban J connectivity index is -0.00000137. The van der Waals surface area contributed by atoms with Crippen molar-refractivity contribution in [2.24, 2.45) is 0 Å². The second-order valence-electron chi connectivity index (χ2n) is 25.4. The predicted molar refractivity (Wildman–Crippen MR) is 485 cm³/mol. The number of hydrogen-bond donors (Lipinski definition) is 20. The Morgan fingerprint density at radius 1 is 0.313 bits per heavy atom. The molecule has 0 saturated heterocycles. The van der Waals surface area contributed by atoms with Gasteiger partial charge in [0.1, 0.15) is 18.3 Å². The van der Waals surface area contributed by atoms with Crippen LogP contribution in [-0.4, -0.2) is 188 Å².